The SMILES string of the molecule is Cc1cccc(NC(=O)c2c(C)n[nH]c2C)c1F. The maximum atomic E-state index is 13.8. The Morgan fingerprint density at radius 3 is 2.67 bits per heavy atom. The van der Waals surface area contributed by atoms with Crippen LogP contribution in [0.4, 0.5) is 10.1 Å². The highest BCUT2D eigenvalue weighted by Crippen LogP contribution is 2.19. The van der Waals surface area contributed by atoms with E-state index in [4.69, 9.17) is 0 Å². The van der Waals surface area contributed by atoms with Crippen molar-refractivity contribution in [1.29, 1.82) is 0 Å². The Hall–Kier alpha value is -2.17. The van der Waals surface area contributed by atoms with Crippen LogP contribution in [0.2, 0.25) is 0 Å². The number of aryl methyl sites for hydroxylation is 3. The van der Waals surface area contributed by atoms with Gasteiger partial charge in [0.1, 0.15) is 5.82 Å². The van der Waals surface area contributed by atoms with Gasteiger partial charge in [0.25, 0.3) is 5.91 Å². The molecule has 18 heavy (non-hydrogen) atoms. The monoisotopic (exact) mass is 247 g/mol. The zero-order valence-corrected chi connectivity index (χ0v) is 10.5. The van der Waals surface area contributed by atoms with Crippen molar-refractivity contribution < 1.29 is 9.18 Å². The van der Waals surface area contributed by atoms with E-state index in [0.29, 0.717) is 22.5 Å². The molecule has 94 valence electrons. The highest BCUT2D eigenvalue weighted by atomic mass is 19.1. The van der Waals surface area contributed by atoms with Gasteiger partial charge >= 0.3 is 0 Å². The zero-order valence-electron chi connectivity index (χ0n) is 10.5. The molecule has 0 aliphatic carbocycles. The number of hydrogen-bond donors (Lipinski definition) is 2. The summed E-state index contributed by atoms with van der Waals surface area (Å²) in [5.74, 6) is -0.770. The average Bonchev–Trinajstić information content (AvgIpc) is 2.65. The number of carbonyl (C=O) groups is 1. The van der Waals surface area contributed by atoms with Gasteiger partial charge in [-0.25, -0.2) is 4.39 Å². The molecule has 4 nitrogen and oxygen atoms in total. The summed E-state index contributed by atoms with van der Waals surface area (Å²) in [6, 6.07) is 4.88. The van der Waals surface area contributed by atoms with E-state index in [1.807, 2.05) is 0 Å². The second kappa shape index (κ2) is 4.60. The molecular weight excluding hydrogens is 233 g/mol. The lowest BCUT2D eigenvalue weighted by Gasteiger charge is -2.07. The lowest BCUT2D eigenvalue weighted by atomic mass is 10.1. The molecule has 1 amide bonds. The number of H-pyrrole nitrogens is 1. The second-order valence-corrected chi connectivity index (χ2v) is 4.20. The first-order valence-corrected chi connectivity index (χ1v) is 5.58. The fourth-order valence-electron chi connectivity index (χ4n) is 1.81. The predicted octanol–water partition coefficient (Wildman–Crippen LogP) is 2.73. The van der Waals surface area contributed by atoms with Crippen molar-refractivity contribution in [2.45, 2.75) is 20.8 Å². The molecule has 0 aliphatic rings. The molecule has 2 aromatic rings. The van der Waals surface area contributed by atoms with Crippen LogP contribution >= 0.6 is 0 Å². The Balaban J connectivity index is 2.30. The first kappa shape index (κ1) is 12.3. The maximum Gasteiger partial charge on any atom is 0.259 e. The van der Waals surface area contributed by atoms with Crippen molar-refractivity contribution in [2.75, 3.05) is 5.32 Å². The van der Waals surface area contributed by atoms with E-state index in [1.165, 1.54) is 6.07 Å². The van der Waals surface area contributed by atoms with Gasteiger partial charge in [0.2, 0.25) is 0 Å². The van der Waals surface area contributed by atoms with E-state index >= 15 is 0 Å². The molecule has 5 heteroatoms. The minimum Gasteiger partial charge on any atom is -0.319 e. The molecule has 2 N–H and O–H groups in total. The summed E-state index contributed by atoms with van der Waals surface area (Å²) >= 11 is 0. The number of halogens is 1. The van der Waals surface area contributed by atoms with E-state index in [1.54, 1.807) is 32.9 Å². The number of rotatable bonds is 2. The van der Waals surface area contributed by atoms with Gasteiger partial charge in [-0.1, -0.05) is 12.1 Å². The van der Waals surface area contributed by atoms with E-state index < -0.39 is 5.82 Å². The largest absolute Gasteiger partial charge is 0.319 e. The van der Waals surface area contributed by atoms with Gasteiger partial charge in [0.05, 0.1) is 16.9 Å². The van der Waals surface area contributed by atoms with Gasteiger partial charge in [-0.3, -0.25) is 9.89 Å². The lowest BCUT2D eigenvalue weighted by molar-refractivity contribution is 0.102. The summed E-state index contributed by atoms with van der Waals surface area (Å²) < 4.78 is 13.8. The molecule has 0 saturated carbocycles. The van der Waals surface area contributed by atoms with Crippen molar-refractivity contribution in [3.63, 3.8) is 0 Å². The molecule has 0 aliphatic heterocycles. The van der Waals surface area contributed by atoms with Gasteiger partial charge in [0, 0.05) is 5.69 Å². The summed E-state index contributed by atoms with van der Waals surface area (Å²) in [5, 5.41) is 9.23. The molecule has 0 saturated heterocycles. The molecule has 0 fully saturated rings. The molecule has 0 spiro atoms. The van der Waals surface area contributed by atoms with Gasteiger partial charge in [0.15, 0.2) is 0 Å². The highest BCUT2D eigenvalue weighted by Gasteiger charge is 2.16. The topological polar surface area (TPSA) is 57.8 Å². The number of nitrogens with one attached hydrogen (secondary N) is 2. The standard InChI is InChI=1S/C13H14FN3O/c1-7-5-4-6-10(12(7)14)15-13(18)11-8(2)16-17-9(11)3/h4-6H,1-3H3,(H,15,18)(H,16,17). The second-order valence-electron chi connectivity index (χ2n) is 4.20. The molecule has 0 bridgehead atoms. The minimum absolute atomic E-state index is 0.181. The Bertz CT molecular complexity index is 585. The Kier molecular flexibility index (Phi) is 3.14. The quantitative estimate of drug-likeness (QED) is 0.857. The first-order valence-electron chi connectivity index (χ1n) is 5.58. The molecule has 1 aromatic carbocycles. The average molecular weight is 247 g/mol. The van der Waals surface area contributed by atoms with Crippen molar-refractivity contribution in [2.24, 2.45) is 0 Å². The summed E-state index contributed by atoms with van der Waals surface area (Å²) in [4.78, 5) is 12.0. The predicted molar refractivity (Wildman–Crippen MR) is 67.2 cm³/mol. The third-order valence-electron chi connectivity index (χ3n) is 2.80. The Morgan fingerprint density at radius 2 is 2.06 bits per heavy atom. The van der Waals surface area contributed by atoms with Crippen molar-refractivity contribution in [3.8, 4) is 0 Å². The molecule has 1 aromatic heterocycles. The third kappa shape index (κ3) is 2.11. The van der Waals surface area contributed by atoms with E-state index in [-0.39, 0.29) is 11.6 Å². The third-order valence-corrected chi connectivity index (χ3v) is 2.80. The summed E-state index contributed by atoms with van der Waals surface area (Å²) in [6.45, 7) is 5.13. The summed E-state index contributed by atoms with van der Waals surface area (Å²) in [5.41, 5.74) is 2.39. The number of amides is 1. The van der Waals surface area contributed by atoms with Crippen LogP contribution in [-0.4, -0.2) is 16.1 Å². The summed E-state index contributed by atoms with van der Waals surface area (Å²) in [6.07, 6.45) is 0. The van der Waals surface area contributed by atoms with Crippen LogP contribution in [0, 0.1) is 26.6 Å². The number of aromatic amines is 1. The summed E-state index contributed by atoms with van der Waals surface area (Å²) in [7, 11) is 0. The maximum absolute atomic E-state index is 13.8. The number of aromatic nitrogens is 2. The van der Waals surface area contributed by atoms with Crippen LogP contribution in [-0.2, 0) is 0 Å². The molecular formula is C13H14FN3O. The van der Waals surface area contributed by atoms with Gasteiger partial charge < -0.3 is 5.32 Å². The fourth-order valence-corrected chi connectivity index (χ4v) is 1.81. The number of carbonyl (C=O) groups excluding carboxylic acids is 1. The van der Waals surface area contributed by atoms with Crippen LogP contribution in [0.1, 0.15) is 27.3 Å². The number of benzene rings is 1. The van der Waals surface area contributed by atoms with Gasteiger partial charge in [-0.2, -0.15) is 5.10 Å². The normalized spacial score (nSPS) is 10.4. The number of anilines is 1. The molecule has 1 heterocycles. The van der Waals surface area contributed by atoms with Crippen LogP contribution in [0.25, 0.3) is 0 Å². The molecule has 0 unspecified atom stereocenters. The van der Waals surface area contributed by atoms with Crippen molar-refractivity contribution in [3.05, 3.63) is 46.5 Å². The van der Waals surface area contributed by atoms with E-state index in [2.05, 4.69) is 15.5 Å². The van der Waals surface area contributed by atoms with Crippen molar-refractivity contribution >= 4 is 11.6 Å². The van der Waals surface area contributed by atoms with Crippen LogP contribution < -0.4 is 5.32 Å². The van der Waals surface area contributed by atoms with Crippen LogP contribution in [0.15, 0.2) is 18.2 Å². The van der Waals surface area contributed by atoms with Gasteiger partial charge in [-0.05, 0) is 32.4 Å². The molecule has 0 atom stereocenters. The molecule has 0 radical (unpaired) electrons. The van der Waals surface area contributed by atoms with Crippen molar-refractivity contribution in [1.82, 2.24) is 10.2 Å². The van der Waals surface area contributed by atoms with E-state index in [9.17, 15) is 9.18 Å². The van der Waals surface area contributed by atoms with Gasteiger partial charge in [-0.15, -0.1) is 0 Å². The minimum atomic E-state index is -0.412. The zero-order chi connectivity index (χ0) is 13.3. The highest BCUT2D eigenvalue weighted by molar-refractivity contribution is 6.05. The van der Waals surface area contributed by atoms with E-state index in [0.717, 1.165) is 0 Å². The smallest absolute Gasteiger partial charge is 0.259 e. The van der Waals surface area contributed by atoms with Crippen LogP contribution in [0.3, 0.4) is 0 Å². The Morgan fingerprint density at radius 1 is 1.33 bits per heavy atom. The number of nitrogens with zero attached hydrogens (tertiary/aromatic N) is 1. The lowest BCUT2D eigenvalue weighted by Crippen LogP contribution is -2.15. The first-order chi connectivity index (χ1) is 8.50. The fraction of sp³-hybridized carbons (Fsp3) is 0.231. The Labute approximate surface area is 104 Å². The number of hydrogen-bond acceptors (Lipinski definition) is 2. The molecule has 2 rings (SSSR count). The van der Waals surface area contributed by atoms with Crippen LogP contribution in [0.5, 0.6) is 0 Å².